The molecule has 0 radical (unpaired) electrons. The lowest BCUT2D eigenvalue weighted by atomic mass is 9.55. The van der Waals surface area contributed by atoms with Gasteiger partial charge in [-0.15, -0.1) is 0 Å². The van der Waals surface area contributed by atoms with E-state index < -0.39 is 69.7 Å². The predicted octanol–water partition coefficient (Wildman–Crippen LogP) is 1.70. The van der Waals surface area contributed by atoms with Crippen molar-refractivity contribution in [3.05, 3.63) is 80.5 Å². The average Bonchev–Trinajstić information content (AvgIpc) is 2.86. The Kier molecular flexibility index (Phi) is 6.30. The summed E-state index contributed by atoms with van der Waals surface area (Å²) in [5, 5.41) is 56.6. The number of carbonyl (C=O) groups excluding carboxylic acids is 3. The largest absolute Gasteiger partial charge is 0.508 e. The van der Waals surface area contributed by atoms with Crippen LogP contribution in [0.5, 0.6) is 5.75 Å². The number of amides is 1. The Morgan fingerprint density at radius 3 is 2.31 bits per heavy atom. The minimum Gasteiger partial charge on any atom is -0.508 e. The molecule has 2 aromatic carbocycles. The van der Waals surface area contributed by atoms with Crippen molar-refractivity contribution in [2.45, 2.75) is 17.7 Å². The molecule has 0 unspecified atom stereocenters. The van der Waals surface area contributed by atoms with Crippen molar-refractivity contribution in [2.24, 2.45) is 17.6 Å². The van der Waals surface area contributed by atoms with E-state index in [-0.39, 0.29) is 11.3 Å². The monoisotopic (exact) mass is 596 g/mol. The molecule has 3 aliphatic carbocycles. The fourth-order valence-corrected chi connectivity index (χ4v) is 6.31. The van der Waals surface area contributed by atoms with Crippen LogP contribution in [0.2, 0.25) is 0 Å². The van der Waals surface area contributed by atoms with Crippen LogP contribution in [0.15, 0.2) is 63.8 Å². The van der Waals surface area contributed by atoms with Gasteiger partial charge in [0.25, 0.3) is 5.91 Å². The van der Waals surface area contributed by atoms with Crippen LogP contribution in [0.25, 0.3) is 17.4 Å². The summed E-state index contributed by atoms with van der Waals surface area (Å²) in [5.74, 6) is -8.83. The number of Topliss-reactive ketones (excluding diaryl/α,β-unsaturated/α-hetero) is 2. The van der Waals surface area contributed by atoms with Crippen molar-refractivity contribution in [3.8, 4) is 5.75 Å². The Labute approximate surface area is 231 Å². The fraction of sp³-hybridized carbons (Fsp3) is 0.250. The Bertz CT molecular complexity index is 1540. The zero-order valence-electron chi connectivity index (χ0n) is 20.8. The molecule has 5 rings (SSSR count). The number of likely N-dealkylation sites (N-methyl/N-ethyl adjacent to an activating group) is 1. The maximum atomic E-state index is 14.1. The maximum Gasteiger partial charge on any atom is 0.255 e. The number of hydrogen-bond donors (Lipinski definition) is 6. The van der Waals surface area contributed by atoms with E-state index in [0.717, 1.165) is 4.47 Å². The standard InChI is InChI=1S/C28H25BrN2O8/c1-31(2)21-20-23(34)17-14(10-11-6-8-12(29)9-7-11)13-4-3-5-15(32)16(13)22(33)18(17)25(36)28(20,39)26(37)19(24(21)35)27(30)38/h3-10,17,20-21,23,32-34,37,39H,1-2H3,(H2,30,38)/b14-10+/t17-,20-,21-,23+,28+/m1/s1. The number of carbonyl (C=O) groups is 3. The molecular weight excluding hydrogens is 572 g/mol. The van der Waals surface area contributed by atoms with Gasteiger partial charge in [0.2, 0.25) is 5.78 Å². The van der Waals surface area contributed by atoms with Crippen molar-refractivity contribution < 1.29 is 39.9 Å². The smallest absolute Gasteiger partial charge is 0.255 e. The number of halogens is 1. The van der Waals surface area contributed by atoms with Gasteiger partial charge in [0, 0.05) is 10.4 Å². The van der Waals surface area contributed by atoms with Crippen molar-refractivity contribution >= 4 is 50.8 Å². The van der Waals surface area contributed by atoms with Gasteiger partial charge in [0.15, 0.2) is 11.4 Å². The van der Waals surface area contributed by atoms with Crippen LogP contribution in [0.3, 0.4) is 0 Å². The second-order valence-electron chi connectivity index (χ2n) is 10.1. The minimum absolute atomic E-state index is 0.107. The summed E-state index contributed by atoms with van der Waals surface area (Å²) in [4.78, 5) is 40.9. The van der Waals surface area contributed by atoms with E-state index in [1.54, 1.807) is 36.4 Å². The van der Waals surface area contributed by atoms with Crippen molar-refractivity contribution in [1.82, 2.24) is 4.90 Å². The number of nitrogens with two attached hydrogens (primary N) is 1. The van der Waals surface area contributed by atoms with Crippen molar-refractivity contribution in [2.75, 3.05) is 14.1 Å². The van der Waals surface area contributed by atoms with E-state index in [1.165, 1.54) is 31.1 Å². The fourth-order valence-electron chi connectivity index (χ4n) is 6.05. The molecule has 0 heterocycles. The third-order valence-electron chi connectivity index (χ3n) is 7.72. The summed E-state index contributed by atoms with van der Waals surface area (Å²) >= 11 is 3.37. The van der Waals surface area contributed by atoms with E-state index in [4.69, 9.17) is 5.73 Å². The molecule has 202 valence electrons. The molecule has 10 nitrogen and oxygen atoms in total. The Balaban J connectivity index is 1.86. The van der Waals surface area contributed by atoms with Gasteiger partial charge in [-0.3, -0.25) is 19.3 Å². The summed E-state index contributed by atoms with van der Waals surface area (Å²) in [6, 6.07) is 10.1. The lowest BCUT2D eigenvalue weighted by Gasteiger charge is -2.53. The number of hydrogen-bond acceptors (Lipinski definition) is 9. The number of primary amides is 1. The van der Waals surface area contributed by atoms with E-state index in [0.29, 0.717) is 16.7 Å². The molecule has 0 spiro atoms. The van der Waals surface area contributed by atoms with E-state index >= 15 is 0 Å². The molecule has 1 fully saturated rings. The van der Waals surface area contributed by atoms with Gasteiger partial charge in [0.05, 0.1) is 29.2 Å². The van der Waals surface area contributed by atoms with Gasteiger partial charge >= 0.3 is 0 Å². The summed E-state index contributed by atoms with van der Waals surface area (Å²) in [6.45, 7) is 0. The first kappa shape index (κ1) is 26.8. The zero-order valence-corrected chi connectivity index (χ0v) is 22.4. The predicted molar refractivity (Wildman–Crippen MR) is 144 cm³/mol. The highest BCUT2D eigenvalue weighted by Crippen LogP contribution is 2.56. The van der Waals surface area contributed by atoms with Gasteiger partial charge in [-0.25, -0.2) is 0 Å². The normalized spacial score (nSPS) is 29.4. The number of aromatic hydroxyl groups is 1. The molecule has 0 aromatic heterocycles. The van der Waals surface area contributed by atoms with Crippen LogP contribution in [-0.4, -0.2) is 79.7 Å². The highest BCUT2D eigenvalue weighted by atomic mass is 79.9. The molecule has 11 heteroatoms. The van der Waals surface area contributed by atoms with Crippen LogP contribution in [0, 0.1) is 11.8 Å². The quantitative estimate of drug-likeness (QED) is 0.287. The lowest BCUT2D eigenvalue weighted by Crippen LogP contribution is -2.70. The van der Waals surface area contributed by atoms with Gasteiger partial charge in [-0.1, -0.05) is 46.3 Å². The van der Waals surface area contributed by atoms with E-state index in [2.05, 4.69) is 15.9 Å². The lowest BCUT2D eigenvalue weighted by molar-refractivity contribution is -0.166. The first-order valence-electron chi connectivity index (χ1n) is 11.9. The number of aliphatic hydroxyl groups excluding tert-OH is 3. The molecule has 2 aromatic rings. The summed E-state index contributed by atoms with van der Waals surface area (Å²) < 4.78 is 0.810. The molecule has 39 heavy (non-hydrogen) atoms. The van der Waals surface area contributed by atoms with Gasteiger partial charge < -0.3 is 31.3 Å². The molecule has 1 saturated carbocycles. The SMILES string of the molecule is CN(C)[C@H]1C(=O)C(C(N)=O)=C(O)[C@@]2(O)C(=O)C3=C(O)c4c(O)cccc4/C(=C\c4ccc(Br)cc4)[C@H]3[C@H](O)[C@@H]12. The molecular formula is C28H25BrN2O8. The van der Waals surface area contributed by atoms with Crippen LogP contribution >= 0.6 is 15.9 Å². The number of ketones is 2. The third-order valence-corrected chi connectivity index (χ3v) is 8.25. The van der Waals surface area contributed by atoms with Crippen LogP contribution in [0.4, 0.5) is 0 Å². The van der Waals surface area contributed by atoms with Gasteiger partial charge in [0.1, 0.15) is 22.8 Å². The molecule has 5 atom stereocenters. The Morgan fingerprint density at radius 1 is 1.08 bits per heavy atom. The van der Waals surface area contributed by atoms with E-state index in [1.807, 2.05) is 0 Å². The van der Waals surface area contributed by atoms with Crippen LogP contribution in [-0.2, 0) is 14.4 Å². The number of rotatable bonds is 3. The summed E-state index contributed by atoms with van der Waals surface area (Å²) in [6.07, 6.45) is -0.0577. The third kappa shape index (κ3) is 3.69. The molecule has 3 aliphatic rings. The number of phenols is 1. The number of aliphatic hydroxyl groups is 4. The zero-order chi connectivity index (χ0) is 28.5. The van der Waals surface area contributed by atoms with Gasteiger partial charge in [-0.05, 0) is 49.0 Å². The molecule has 1 amide bonds. The van der Waals surface area contributed by atoms with Crippen LogP contribution in [0.1, 0.15) is 16.7 Å². The number of nitrogens with zero attached hydrogens (tertiary/aromatic N) is 1. The van der Waals surface area contributed by atoms with Crippen LogP contribution < -0.4 is 5.73 Å². The van der Waals surface area contributed by atoms with E-state index in [9.17, 15) is 39.9 Å². The Hall–Kier alpha value is -3.77. The maximum absolute atomic E-state index is 14.1. The summed E-state index contributed by atoms with van der Waals surface area (Å²) in [5.41, 5.74) is 2.12. The first-order chi connectivity index (χ1) is 18.3. The number of phenolic OH excluding ortho intramolecular Hbond substituents is 1. The second kappa shape index (κ2) is 9.16. The minimum atomic E-state index is -2.98. The molecule has 7 N–H and O–H groups in total. The molecule has 0 saturated heterocycles. The highest BCUT2D eigenvalue weighted by Gasteiger charge is 2.68. The second-order valence-corrected chi connectivity index (χ2v) is 11.0. The van der Waals surface area contributed by atoms with Crippen molar-refractivity contribution in [1.29, 1.82) is 0 Å². The number of fused-ring (bicyclic) bond motifs is 3. The topological polar surface area (TPSA) is 182 Å². The summed E-state index contributed by atoms with van der Waals surface area (Å²) in [7, 11) is 2.91. The first-order valence-corrected chi connectivity index (χ1v) is 12.7. The molecule has 0 bridgehead atoms. The van der Waals surface area contributed by atoms with Gasteiger partial charge in [-0.2, -0.15) is 0 Å². The average molecular weight is 597 g/mol. The number of benzene rings is 2. The molecule has 0 aliphatic heterocycles. The highest BCUT2D eigenvalue weighted by molar-refractivity contribution is 9.10. The Morgan fingerprint density at radius 2 is 1.72 bits per heavy atom. The van der Waals surface area contributed by atoms with Crippen molar-refractivity contribution in [3.63, 3.8) is 0 Å².